The summed E-state index contributed by atoms with van der Waals surface area (Å²) in [6, 6.07) is 7.67. The monoisotopic (exact) mass is 434 g/mol. The number of hydrogen-bond acceptors (Lipinski definition) is 2. The molecule has 1 saturated heterocycles. The van der Waals surface area contributed by atoms with Crippen molar-refractivity contribution in [2.75, 3.05) is 26.2 Å². The van der Waals surface area contributed by atoms with E-state index in [2.05, 4.69) is 32.8 Å². The summed E-state index contributed by atoms with van der Waals surface area (Å²) < 4.78 is 38.7. The largest absolute Gasteiger partial charge is 0.389 e. The molecule has 120 valence electrons. The summed E-state index contributed by atoms with van der Waals surface area (Å²) in [7, 11) is 0. The lowest BCUT2D eigenvalue weighted by molar-refractivity contribution is -0.138. The van der Waals surface area contributed by atoms with E-state index in [0.717, 1.165) is 35.3 Å². The van der Waals surface area contributed by atoms with Gasteiger partial charge in [0.1, 0.15) is 0 Å². The molecule has 1 N–H and O–H groups in total. The van der Waals surface area contributed by atoms with E-state index >= 15 is 0 Å². The molecule has 1 heterocycles. The van der Waals surface area contributed by atoms with Crippen LogP contribution >= 0.6 is 35.0 Å². The van der Waals surface area contributed by atoms with Crippen LogP contribution in [0.5, 0.6) is 0 Å². The summed E-state index contributed by atoms with van der Waals surface area (Å²) in [4.78, 5) is 2.16. The van der Waals surface area contributed by atoms with Crippen LogP contribution < -0.4 is 5.32 Å². The van der Waals surface area contributed by atoms with Crippen molar-refractivity contribution < 1.29 is 13.2 Å². The zero-order chi connectivity index (χ0) is 14.6. The number of nitrogens with zero attached hydrogens (tertiary/aromatic N) is 1. The third kappa shape index (κ3) is 6.30. The van der Waals surface area contributed by atoms with Gasteiger partial charge in [-0.05, 0) is 46.7 Å². The topological polar surface area (TPSA) is 15.3 Å². The van der Waals surface area contributed by atoms with Gasteiger partial charge in [-0.2, -0.15) is 13.2 Å². The van der Waals surface area contributed by atoms with Gasteiger partial charge in [0.2, 0.25) is 0 Å². The molecule has 0 amide bonds. The van der Waals surface area contributed by atoms with Crippen LogP contribution in [0.25, 0.3) is 0 Å². The van der Waals surface area contributed by atoms with Gasteiger partial charge in [0.15, 0.2) is 0 Å². The smallest absolute Gasteiger partial charge is 0.314 e. The molecule has 0 saturated carbocycles. The second-order valence-electron chi connectivity index (χ2n) is 5.01. The SMILES string of the molecule is Cl.FC(F)(F)CC[C@@H](c1ccc(I)cc1)N1CCNCC1. The Bertz CT molecular complexity index is 419. The molecule has 2 nitrogen and oxygen atoms in total. The maximum atomic E-state index is 12.5. The maximum Gasteiger partial charge on any atom is 0.389 e. The van der Waals surface area contributed by atoms with Crippen molar-refractivity contribution in [2.24, 2.45) is 0 Å². The first kappa shape index (κ1) is 19.0. The average molecular weight is 435 g/mol. The summed E-state index contributed by atoms with van der Waals surface area (Å²) in [5.74, 6) is 0. The van der Waals surface area contributed by atoms with E-state index in [0.29, 0.717) is 0 Å². The molecule has 0 radical (unpaired) electrons. The fourth-order valence-corrected chi connectivity index (χ4v) is 2.90. The zero-order valence-corrected chi connectivity index (χ0v) is 14.5. The highest BCUT2D eigenvalue weighted by Gasteiger charge is 2.31. The van der Waals surface area contributed by atoms with Gasteiger partial charge in [-0.15, -0.1) is 12.4 Å². The normalized spacial score (nSPS) is 18.1. The highest BCUT2D eigenvalue weighted by atomic mass is 127. The van der Waals surface area contributed by atoms with Crippen LogP contribution in [0, 0.1) is 3.57 Å². The molecule has 1 aromatic rings. The lowest BCUT2D eigenvalue weighted by Crippen LogP contribution is -2.45. The van der Waals surface area contributed by atoms with E-state index in [1.54, 1.807) is 0 Å². The van der Waals surface area contributed by atoms with Crippen molar-refractivity contribution in [3.63, 3.8) is 0 Å². The molecule has 0 bridgehead atoms. The number of benzene rings is 1. The van der Waals surface area contributed by atoms with E-state index in [1.165, 1.54) is 0 Å². The predicted molar refractivity (Wildman–Crippen MR) is 88.9 cm³/mol. The fraction of sp³-hybridized carbons (Fsp3) is 0.571. The molecule has 7 heteroatoms. The van der Waals surface area contributed by atoms with E-state index in [-0.39, 0.29) is 24.9 Å². The average Bonchev–Trinajstić information content (AvgIpc) is 2.41. The minimum Gasteiger partial charge on any atom is -0.314 e. The molecule has 1 aliphatic heterocycles. The fourth-order valence-electron chi connectivity index (χ4n) is 2.54. The Labute approximate surface area is 143 Å². The Morgan fingerprint density at radius 1 is 1.14 bits per heavy atom. The molecule has 1 aromatic carbocycles. The van der Waals surface area contributed by atoms with Crippen molar-refractivity contribution in [1.82, 2.24) is 10.2 Å². The number of piperazine rings is 1. The van der Waals surface area contributed by atoms with Crippen LogP contribution in [0.4, 0.5) is 13.2 Å². The Hall–Kier alpha value is -0.0500. The van der Waals surface area contributed by atoms with E-state index < -0.39 is 12.6 Å². The third-order valence-electron chi connectivity index (χ3n) is 3.55. The number of rotatable bonds is 4. The molecule has 21 heavy (non-hydrogen) atoms. The molecular weight excluding hydrogens is 416 g/mol. The molecule has 1 aliphatic rings. The standard InChI is InChI=1S/C14H18F3IN2.ClH/c15-14(16,17)6-5-13(20-9-7-19-8-10-20)11-1-3-12(18)4-2-11;/h1-4,13,19H,5-10H2;1H/t13-;/m0./s1. The molecule has 0 spiro atoms. The number of hydrogen-bond donors (Lipinski definition) is 1. The predicted octanol–water partition coefficient (Wildman–Crippen LogP) is 4.00. The van der Waals surface area contributed by atoms with Gasteiger partial charge < -0.3 is 5.32 Å². The Kier molecular flexibility index (Phi) is 7.73. The van der Waals surface area contributed by atoms with Crippen molar-refractivity contribution in [1.29, 1.82) is 0 Å². The highest BCUT2D eigenvalue weighted by Crippen LogP contribution is 2.31. The van der Waals surface area contributed by atoms with Crippen LogP contribution in [-0.4, -0.2) is 37.3 Å². The van der Waals surface area contributed by atoms with Crippen LogP contribution in [-0.2, 0) is 0 Å². The van der Waals surface area contributed by atoms with E-state index in [9.17, 15) is 13.2 Å². The van der Waals surface area contributed by atoms with E-state index in [4.69, 9.17) is 0 Å². The summed E-state index contributed by atoms with van der Waals surface area (Å²) in [5.41, 5.74) is 0.983. The summed E-state index contributed by atoms with van der Waals surface area (Å²) >= 11 is 2.20. The third-order valence-corrected chi connectivity index (χ3v) is 4.27. The van der Waals surface area contributed by atoms with Gasteiger partial charge in [0.25, 0.3) is 0 Å². The molecule has 0 aromatic heterocycles. The lowest BCUT2D eigenvalue weighted by Gasteiger charge is -2.35. The quantitative estimate of drug-likeness (QED) is 0.721. The van der Waals surface area contributed by atoms with Gasteiger partial charge in [-0.25, -0.2) is 0 Å². The number of nitrogens with one attached hydrogen (secondary N) is 1. The van der Waals surface area contributed by atoms with Gasteiger partial charge >= 0.3 is 6.18 Å². The van der Waals surface area contributed by atoms with Crippen LogP contribution in [0.1, 0.15) is 24.4 Å². The van der Waals surface area contributed by atoms with Crippen LogP contribution in [0.15, 0.2) is 24.3 Å². The minimum absolute atomic E-state index is 0. The molecule has 0 aliphatic carbocycles. The van der Waals surface area contributed by atoms with Crippen molar-refractivity contribution in [3.05, 3.63) is 33.4 Å². The Morgan fingerprint density at radius 3 is 2.24 bits per heavy atom. The second-order valence-corrected chi connectivity index (χ2v) is 6.25. The first-order valence-corrected chi connectivity index (χ1v) is 7.80. The Balaban J connectivity index is 0.00000220. The van der Waals surface area contributed by atoms with Crippen molar-refractivity contribution in [2.45, 2.75) is 25.1 Å². The lowest BCUT2D eigenvalue weighted by atomic mass is 9.99. The molecule has 0 unspecified atom stereocenters. The van der Waals surface area contributed by atoms with Crippen molar-refractivity contribution in [3.8, 4) is 0 Å². The van der Waals surface area contributed by atoms with Crippen LogP contribution in [0.2, 0.25) is 0 Å². The first-order chi connectivity index (χ1) is 9.46. The minimum atomic E-state index is -4.09. The summed E-state index contributed by atoms with van der Waals surface area (Å²) in [5, 5.41) is 3.24. The molecule has 1 atom stereocenters. The maximum absolute atomic E-state index is 12.5. The van der Waals surface area contributed by atoms with Crippen LogP contribution in [0.3, 0.4) is 0 Å². The van der Waals surface area contributed by atoms with Crippen molar-refractivity contribution >= 4 is 35.0 Å². The summed E-state index contributed by atoms with van der Waals surface area (Å²) in [6.45, 7) is 3.28. The molecular formula is C14H19ClF3IN2. The molecule has 1 fully saturated rings. The Morgan fingerprint density at radius 2 is 1.71 bits per heavy atom. The zero-order valence-electron chi connectivity index (χ0n) is 11.5. The summed E-state index contributed by atoms with van der Waals surface area (Å²) in [6.07, 6.45) is -4.69. The van der Waals surface area contributed by atoms with Gasteiger partial charge in [0, 0.05) is 42.2 Å². The molecule has 2 rings (SSSR count). The van der Waals surface area contributed by atoms with Gasteiger partial charge in [0.05, 0.1) is 0 Å². The van der Waals surface area contributed by atoms with E-state index in [1.807, 2.05) is 24.3 Å². The number of halogens is 5. The highest BCUT2D eigenvalue weighted by molar-refractivity contribution is 14.1. The second kappa shape index (κ2) is 8.55. The van der Waals surface area contributed by atoms with Gasteiger partial charge in [-0.3, -0.25) is 4.90 Å². The number of alkyl halides is 3. The first-order valence-electron chi connectivity index (χ1n) is 6.73. The van der Waals surface area contributed by atoms with Gasteiger partial charge in [-0.1, -0.05) is 12.1 Å².